The Morgan fingerprint density at radius 2 is 1.95 bits per heavy atom. The number of fused-ring (bicyclic) bond motifs is 1. The van der Waals surface area contributed by atoms with Crippen LogP contribution in [0.3, 0.4) is 0 Å². The highest BCUT2D eigenvalue weighted by Crippen LogP contribution is 2.31. The van der Waals surface area contributed by atoms with Crippen LogP contribution in [0.4, 0.5) is 11.4 Å². The van der Waals surface area contributed by atoms with Crippen LogP contribution in [0.1, 0.15) is 6.42 Å². The van der Waals surface area contributed by atoms with Crippen molar-refractivity contribution in [2.45, 2.75) is 6.42 Å². The van der Waals surface area contributed by atoms with Crippen LogP contribution in [-0.2, 0) is 4.74 Å². The predicted molar refractivity (Wildman–Crippen MR) is 81.3 cm³/mol. The molecule has 0 atom stereocenters. The first kappa shape index (κ1) is 14.2. The number of hydrogen-bond acceptors (Lipinski definition) is 4. The lowest BCUT2D eigenvalue weighted by molar-refractivity contribution is 0.194. The summed E-state index contributed by atoms with van der Waals surface area (Å²) >= 11 is 0. The molecule has 1 N–H and O–H groups in total. The maximum atomic E-state index is 5.04. The van der Waals surface area contributed by atoms with Crippen LogP contribution < -0.4 is 15.1 Å². The molecule has 0 radical (unpaired) electrons. The third kappa shape index (κ3) is 3.85. The molecular formula is C15H25N3O. The van der Waals surface area contributed by atoms with Gasteiger partial charge in [-0.05, 0) is 25.1 Å². The number of likely N-dealkylation sites (N-methyl/N-ethyl adjacent to an activating group) is 1. The van der Waals surface area contributed by atoms with Crippen molar-refractivity contribution in [3.63, 3.8) is 0 Å². The molecule has 0 unspecified atom stereocenters. The van der Waals surface area contributed by atoms with Crippen LogP contribution >= 0.6 is 0 Å². The zero-order valence-electron chi connectivity index (χ0n) is 12.1. The highest BCUT2D eigenvalue weighted by atomic mass is 16.5. The summed E-state index contributed by atoms with van der Waals surface area (Å²) in [5.41, 5.74) is 2.70. The van der Waals surface area contributed by atoms with Gasteiger partial charge >= 0.3 is 0 Å². The van der Waals surface area contributed by atoms with Gasteiger partial charge in [-0.2, -0.15) is 0 Å². The van der Waals surface area contributed by atoms with Crippen molar-refractivity contribution >= 4 is 11.4 Å². The van der Waals surface area contributed by atoms with Gasteiger partial charge in [-0.15, -0.1) is 0 Å². The van der Waals surface area contributed by atoms with Gasteiger partial charge in [-0.25, -0.2) is 0 Å². The Morgan fingerprint density at radius 3 is 2.74 bits per heavy atom. The van der Waals surface area contributed by atoms with Crippen molar-refractivity contribution in [1.29, 1.82) is 0 Å². The van der Waals surface area contributed by atoms with Gasteiger partial charge in [0.15, 0.2) is 0 Å². The molecule has 106 valence electrons. The van der Waals surface area contributed by atoms with Gasteiger partial charge in [-0.1, -0.05) is 12.1 Å². The monoisotopic (exact) mass is 263 g/mol. The summed E-state index contributed by atoms with van der Waals surface area (Å²) in [5, 5.41) is 3.47. The molecule has 4 heteroatoms. The van der Waals surface area contributed by atoms with Crippen LogP contribution in [-0.4, -0.2) is 53.5 Å². The van der Waals surface area contributed by atoms with E-state index in [4.69, 9.17) is 4.74 Å². The van der Waals surface area contributed by atoms with Gasteiger partial charge in [0.1, 0.15) is 0 Å². The van der Waals surface area contributed by atoms with E-state index in [1.807, 2.05) is 0 Å². The number of ether oxygens (including phenoxy) is 1. The Balaban J connectivity index is 1.80. The molecule has 0 aliphatic carbocycles. The van der Waals surface area contributed by atoms with Crippen molar-refractivity contribution in [3.8, 4) is 0 Å². The van der Waals surface area contributed by atoms with E-state index >= 15 is 0 Å². The van der Waals surface area contributed by atoms with Crippen molar-refractivity contribution in [1.82, 2.24) is 5.32 Å². The Bertz CT molecular complexity index is 383. The third-order valence-electron chi connectivity index (χ3n) is 3.60. The van der Waals surface area contributed by atoms with Crippen LogP contribution in [0, 0.1) is 0 Å². The summed E-state index contributed by atoms with van der Waals surface area (Å²) in [5.74, 6) is 0. The fourth-order valence-electron chi connectivity index (χ4n) is 2.48. The molecule has 0 aromatic heterocycles. The second kappa shape index (κ2) is 7.36. The molecule has 0 saturated carbocycles. The number of nitrogens with zero attached hydrogens (tertiary/aromatic N) is 2. The summed E-state index contributed by atoms with van der Waals surface area (Å²) < 4.78 is 5.04. The van der Waals surface area contributed by atoms with Gasteiger partial charge in [0.2, 0.25) is 0 Å². The molecule has 1 aromatic carbocycles. The number of nitrogens with one attached hydrogen (secondary N) is 1. The molecule has 0 fully saturated rings. The molecule has 0 amide bonds. The topological polar surface area (TPSA) is 27.7 Å². The lowest BCUT2D eigenvalue weighted by Crippen LogP contribution is -2.42. The van der Waals surface area contributed by atoms with Crippen molar-refractivity contribution < 1.29 is 4.74 Å². The normalized spacial score (nSPS) is 14.6. The van der Waals surface area contributed by atoms with E-state index in [9.17, 15) is 0 Å². The molecule has 0 saturated heterocycles. The Morgan fingerprint density at radius 1 is 1.16 bits per heavy atom. The minimum absolute atomic E-state index is 0.838. The molecule has 0 spiro atoms. The van der Waals surface area contributed by atoms with Crippen molar-refractivity contribution in [2.24, 2.45) is 0 Å². The minimum atomic E-state index is 0.838. The lowest BCUT2D eigenvalue weighted by atomic mass is 10.2. The lowest BCUT2D eigenvalue weighted by Gasteiger charge is -2.37. The fraction of sp³-hybridized carbons (Fsp3) is 0.600. The number of methoxy groups -OCH3 is 1. The second-order valence-corrected chi connectivity index (χ2v) is 4.99. The quantitative estimate of drug-likeness (QED) is 0.756. The van der Waals surface area contributed by atoms with Gasteiger partial charge in [0, 0.05) is 46.9 Å². The van der Waals surface area contributed by atoms with Crippen LogP contribution in [0.2, 0.25) is 0 Å². The molecule has 1 aliphatic heterocycles. The van der Waals surface area contributed by atoms with E-state index in [-0.39, 0.29) is 0 Å². The Hall–Kier alpha value is -1.26. The molecule has 19 heavy (non-hydrogen) atoms. The minimum Gasteiger partial charge on any atom is -0.385 e. The van der Waals surface area contributed by atoms with E-state index in [0.717, 1.165) is 45.8 Å². The van der Waals surface area contributed by atoms with Crippen LogP contribution in [0.25, 0.3) is 0 Å². The third-order valence-corrected chi connectivity index (χ3v) is 3.60. The van der Waals surface area contributed by atoms with E-state index in [1.54, 1.807) is 7.11 Å². The maximum absolute atomic E-state index is 5.04. The molecule has 2 rings (SSSR count). The highest BCUT2D eigenvalue weighted by molar-refractivity contribution is 5.73. The molecule has 1 aromatic rings. The summed E-state index contributed by atoms with van der Waals surface area (Å²) in [6.45, 7) is 6.17. The molecule has 1 heterocycles. The van der Waals surface area contributed by atoms with Crippen molar-refractivity contribution in [2.75, 3.05) is 63.3 Å². The maximum Gasteiger partial charge on any atom is 0.0605 e. The highest BCUT2D eigenvalue weighted by Gasteiger charge is 2.18. The first-order chi connectivity index (χ1) is 9.33. The molecule has 1 aliphatic rings. The second-order valence-electron chi connectivity index (χ2n) is 4.99. The summed E-state index contributed by atoms with van der Waals surface area (Å²) in [6.07, 6.45) is 1.08. The fourth-order valence-corrected chi connectivity index (χ4v) is 2.48. The largest absolute Gasteiger partial charge is 0.385 e. The van der Waals surface area contributed by atoms with Gasteiger partial charge in [0.05, 0.1) is 11.4 Å². The SMILES string of the molecule is COCCCNCCN1CCN(C)c2ccccc21. The van der Waals surface area contributed by atoms with Gasteiger partial charge in [-0.3, -0.25) is 0 Å². The zero-order valence-corrected chi connectivity index (χ0v) is 12.1. The van der Waals surface area contributed by atoms with Crippen LogP contribution in [0.5, 0.6) is 0 Å². The number of rotatable bonds is 7. The van der Waals surface area contributed by atoms with E-state index in [2.05, 4.69) is 46.4 Å². The van der Waals surface area contributed by atoms with Gasteiger partial charge in [0.25, 0.3) is 0 Å². The van der Waals surface area contributed by atoms with Gasteiger partial charge < -0.3 is 19.9 Å². The Kier molecular flexibility index (Phi) is 5.48. The van der Waals surface area contributed by atoms with E-state index in [1.165, 1.54) is 11.4 Å². The number of hydrogen-bond donors (Lipinski definition) is 1. The number of para-hydroxylation sites is 2. The number of anilines is 2. The summed E-state index contributed by atoms with van der Waals surface area (Å²) in [6, 6.07) is 8.66. The summed E-state index contributed by atoms with van der Waals surface area (Å²) in [7, 11) is 3.92. The zero-order chi connectivity index (χ0) is 13.5. The first-order valence-corrected chi connectivity index (χ1v) is 7.07. The van der Waals surface area contributed by atoms with E-state index < -0.39 is 0 Å². The predicted octanol–water partition coefficient (Wildman–Crippen LogP) is 1.57. The summed E-state index contributed by atoms with van der Waals surface area (Å²) in [4.78, 5) is 4.80. The van der Waals surface area contributed by atoms with E-state index in [0.29, 0.717) is 0 Å². The average Bonchev–Trinajstić information content (AvgIpc) is 2.45. The van der Waals surface area contributed by atoms with Crippen LogP contribution in [0.15, 0.2) is 24.3 Å². The average molecular weight is 263 g/mol. The number of benzene rings is 1. The molecule has 0 bridgehead atoms. The first-order valence-electron chi connectivity index (χ1n) is 7.07. The smallest absolute Gasteiger partial charge is 0.0605 e. The molecular weight excluding hydrogens is 238 g/mol. The Labute approximate surface area is 116 Å². The molecule has 4 nitrogen and oxygen atoms in total. The van der Waals surface area contributed by atoms with Crippen molar-refractivity contribution in [3.05, 3.63) is 24.3 Å². The standard InChI is InChI=1S/C15H25N3O/c1-17-11-12-18(10-9-16-8-5-13-19-2)15-7-4-3-6-14(15)17/h3-4,6-7,16H,5,8-13H2,1-2H3.